The van der Waals surface area contributed by atoms with Crippen molar-refractivity contribution in [2.24, 2.45) is 0 Å². The van der Waals surface area contributed by atoms with Crippen molar-refractivity contribution in [3.8, 4) is 17.2 Å². The highest BCUT2D eigenvalue weighted by atomic mass is 32.2. The molecule has 2 amide bonds. The first-order valence-corrected chi connectivity index (χ1v) is 16.1. The fourth-order valence-electron chi connectivity index (χ4n) is 5.58. The van der Waals surface area contributed by atoms with Crippen LogP contribution in [0.1, 0.15) is 64.2 Å². The first kappa shape index (κ1) is 30.7. The number of carbonyl (C=O) groups is 3. The molecule has 0 saturated heterocycles. The number of ether oxygens (including phenoxy) is 4. The number of methoxy groups -OCH3 is 3. The number of rotatable bonds is 9. The molecule has 228 valence electrons. The average molecular weight is 625 g/mol. The van der Waals surface area contributed by atoms with Crippen molar-refractivity contribution in [2.75, 3.05) is 44.7 Å². The molecule has 3 aromatic rings. The third-order valence-corrected chi connectivity index (χ3v) is 10.1. The third-order valence-electron chi connectivity index (χ3n) is 7.60. The van der Waals surface area contributed by atoms with Crippen LogP contribution in [0.2, 0.25) is 0 Å². The normalized spacial score (nSPS) is 16.3. The number of fused-ring (bicyclic) bond motifs is 2. The molecule has 2 heterocycles. The van der Waals surface area contributed by atoms with E-state index >= 15 is 0 Å². The molecule has 0 spiro atoms. The Balaban J connectivity index is 1.42. The zero-order chi connectivity index (χ0) is 30.5. The summed E-state index contributed by atoms with van der Waals surface area (Å²) >= 11 is 2.99. The quantitative estimate of drug-likeness (QED) is 0.215. The van der Waals surface area contributed by atoms with Gasteiger partial charge in [-0.25, -0.2) is 4.79 Å². The van der Waals surface area contributed by atoms with Gasteiger partial charge in [0.1, 0.15) is 11.5 Å². The van der Waals surface area contributed by atoms with E-state index in [2.05, 4.69) is 5.32 Å². The van der Waals surface area contributed by atoms with E-state index in [-0.39, 0.29) is 36.6 Å². The Morgan fingerprint density at radius 2 is 1.72 bits per heavy atom. The van der Waals surface area contributed by atoms with Crippen molar-refractivity contribution in [3.63, 3.8) is 0 Å². The van der Waals surface area contributed by atoms with E-state index in [1.165, 1.54) is 16.2 Å². The van der Waals surface area contributed by atoms with E-state index in [0.29, 0.717) is 33.5 Å². The molecule has 1 atom stereocenters. The molecule has 1 unspecified atom stereocenters. The lowest BCUT2D eigenvalue weighted by Gasteiger charge is -2.22. The van der Waals surface area contributed by atoms with Gasteiger partial charge in [0, 0.05) is 21.4 Å². The minimum Gasteiger partial charge on any atom is -0.493 e. The molecule has 0 fully saturated rings. The van der Waals surface area contributed by atoms with Crippen LogP contribution in [-0.4, -0.2) is 52.3 Å². The molecule has 1 N–H and O–H groups in total. The first-order valence-electron chi connectivity index (χ1n) is 14.4. The number of benzene rings is 2. The number of carbonyl (C=O) groups excluding carboxylic acids is 3. The summed E-state index contributed by atoms with van der Waals surface area (Å²) in [5.41, 5.74) is 2.94. The lowest BCUT2D eigenvalue weighted by molar-refractivity contribution is -0.121. The maximum Gasteiger partial charge on any atom is 0.341 e. The van der Waals surface area contributed by atoms with Gasteiger partial charge in [-0.3, -0.25) is 9.59 Å². The molecule has 43 heavy (non-hydrogen) atoms. The Bertz CT molecular complexity index is 1490. The van der Waals surface area contributed by atoms with Crippen LogP contribution in [0.5, 0.6) is 17.2 Å². The van der Waals surface area contributed by atoms with Crippen LogP contribution in [0.25, 0.3) is 0 Å². The van der Waals surface area contributed by atoms with Gasteiger partial charge < -0.3 is 29.2 Å². The van der Waals surface area contributed by atoms with Gasteiger partial charge in [-0.05, 0) is 68.0 Å². The van der Waals surface area contributed by atoms with Gasteiger partial charge >= 0.3 is 5.97 Å². The Morgan fingerprint density at radius 1 is 1.00 bits per heavy atom. The lowest BCUT2D eigenvalue weighted by Crippen LogP contribution is -2.38. The van der Waals surface area contributed by atoms with Crippen LogP contribution in [0.4, 0.5) is 10.7 Å². The number of hydrogen-bond acceptors (Lipinski definition) is 9. The SMILES string of the molecule is CCOC(=O)c1c(NC(=O)CN2C(=O)CC(c3cc(OC)c(OC)c(OC)c3)Sc3ccccc32)sc2c1CCCCC2. The monoisotopic (exact) mass is 624 g/mol. The summed E-state index contributed by atoms with van der Waals surface area (Å²) in [5.74, 6) is 0.500. The van der Waals surface area contributed by atoms with E-state index in [0.717, 1.165) is 53.0 Å². The van der Waals surface area contributed by atoms with Gasteiger partial charge in [0.2, 0.25) is 17.6 Å². The molecular weight excluding hydrogens is 588 g/mol. The molecule has 5 rings (SSSR count). The number of nitrogens with one attached hydrogen (secondary N) is 1. The Hall–Kier alpha value is -3.70. The number of amides is 2. The summed E-state index contributed by atoms with van der Waals surface area (Å²) in [6, 6.07) is 11.3. The molecule has 9 nitrogen and oxygen atoms in total. The van der Waals surface area contributed by atoms with Gasteiger partial charge in [0.15, 0.2) is 11.5 Å². The number of aryl methyl sites for hydroxylation is 1. The van der Waals surface area contributed by atoms with Crippen molar-refractivity contribution in [1.29, 1.82) is 0 Å². The van der Waals surface area contributed by atoms with Gasteiger partial charge in [-0.15, -0.1) is 23.1 Å². The predicted molar refractivity (Wildman–Crippen MR) is 168 cm³/mol. The smallest absolute Gasteiger partial charge is 0.341 e. The molecule has 2 aliphatic rings. The number of thioether (sulfide) groups is 1. The minimum absolute atomic E-state index is 0.145. The summed E-state index contributed by atoms with van der Waals surface area (Å²) in [5, 5.41) is 3.19. The predicted octanol–water partition coefficient (Wildman–Crippen LogP) is 6.43. The summed E-state index contributed by atoms with van der Waals surface area (Å²) in [4.78, 5) is 43.9. The van der Waals surface area contributed by atoms with Crippen LogP contribution >= 0.6 is 23.1 Å². The fraction of sp³-hybridized carbons (Fsp3) is 0.406. The largest absolute Gasteiger partial charge is 0.493 e. The molecule has 0 saturated carbocycles. The van der Waals surface area contributed by atoms with Gasteiger partial charge in [0.25, 0.3) is 0 Å². The summed E-state index contributed by atoms with van der Waals surface area (Å²) in [6.45, 7) is 1.83. The van der Waals surface area contributed by atoms with Crippen molar-refractivity contribution >= 4 is 51.6 Å². The van der Waals surface area contributed by atoms with Crippen molar-refractivity contribution in [3.05, 3.63) is 58.0 Å². The molecule has 1 aliphatic heterocycles. The number of esters is 1. The van der Waals surface area contributed by atoms with E-state index in [1.54, 1.807) is 40.0 Å². The molecular formula is C32H36N2O7S2. The van der Waals surface area contributed by atoms with Crippen LogP contribution in [0.3, 0.4) is 0 Å². The lowest BCUT2D eigenvalue weighted by atomic mass is 10.1. The summed E-state index contributed by atoms with van der Waals surface area (Å²) in [6.07, 6.45) is 4.96. The highest BCUT2D eigenvalue weighted by molar-refractivity contribution is 7.99. The molecule has 1 aliphatic carbocycles. The second-order valence-corrected chi connectivity index (χ2v) is 12.6. The summed E-state index contributed by atoms with van der Waals surface area (Å²) < 4.78 is 22.0. The maximum absolute atomic E-state index is 13.8. The summed E-state index contributed by atoms with van der Waals surface area (Å²) in [7, 11) is 4.66. The van der Waals surface area contributed by atoms with E-state index in [1.807, 2.05) is 36.4 Å². The van der Waals surface area contributed by atoms with Gasteiger partial charge in [-0.2, -0.15) is 0 Å². The first-order chi connectivity index (χ1) is 20.9. The van der Waals surface area contributed by atoms with Crippen molar-refractivity contribution in [2.45, 2.75) is 55.6 Å². The Morgan fingerprint density at radius 3 is 2.42 bits per heavy atom. The number of anilines is 2. The highest BCUT2D eigenvalue weighted by Crippen LogP contribution is 2.49. The van der Waals surface area contributed by atoms with Crippen molar-refractivity contribution < 1.29 is 33.3 Å². The number of hydrogen-bond donors (Lipinski definition) is 1. The zero-order valence-electron chi connectivity index (χ0n) is 24.8. The van der Waals surface area contributed by atoms with Gasteiger partial charge in [-0.1, -0.05) is 18.6 Å². The minimum atomic E-state index is -0.419. The van der Waals surface area contributed by atoms with Crippen LogP contribution in [-0.2, 0) is 27.2 Å². The molecule has 2 aromatic carbocycles. The van der Waals surface area contributed by atoms with Crippen LogP contribution in [0.15, 0.2) is 41.3 Å². The van der Waals surface area contributed by atoms with Crippen LogP contribution in [0, 0.1) is 0 Å². The number of para-hydroxylation sites is 1. The molecule has 11 heteroatoms. The van der Waals surface area contributed by atoms with Crippen molar-refractivity contribution in [1.82, 2.24) is 0 Å². The van der Waals surface area contributed by atoms with Crippen LogP contribution < -0.4 is 24.4 Å². The topological polar surface area (TPSA) is 103 Å². The molecule has 0 bridgehead atoms. The molecule has 0 radical (unpaired) electrons. The second-order valence-electron chi connectivity index (χ2n) is 10.3. The Kier molecular flexibility index (Phi) is 9.82. The maximum atomic E-state index is 13.8. The van der Waals surface area contributed by atoms with Gasteiger partial charge in [0.05, 0.1) is 39.2 Å². The average Bonchev–Trinajstić information content (AvgIpc) is 3.11. The third kappa shape index (κ3) is 6.47. The second kappa shape index (κ2) is 13.7. The van der Waals surface area contributed by atoms with E-state index < -0.39 is 5.97 Å². The van der Waals surface area contributed by atoms with E-state index in [9.17, 15) is 14.4 Å². The number of nitrogens with zero attached hydrogens (tertiary/aromatic N) is 1. The zero-order valence-corrected chi connectivity index (χ0v) is 26.5. The molecule has 1 aromatic heterocycles. The highest BCUT2D eigenvalue weighted by Gasteiger charge is 2.33. The number of thiophene rings is 1. The van der Waals surface area contributed by atoms with E-state index in [4.69, 9.17) is 18.9 Å². The Labute approximate surface area is 259 Å². The fourth-order valence-corrected chi connectivity index (χ4v) is 8.14. The standard InChI is InChI=1S/C32H36N2O7S2/c1-5-41-32(37)29-20-11-7-6-8-13-24(20)43-31(29)33-27(35)18-34-21-12-9-10-14-25(21)42-26(17-28(34)36)19-15-22(38-2)30(40-4)23(16-19)39-3/h9-10,12,14-16,26H,5-8,11,13,17-18H2,1-4H3,(H,33,35).